The van der Waals surface area contributed by atoms with E-state index < -0.39 is 30.7 Å². The second-order valence-corrected chi connectivity index (χ2v) is 8.76. The third kappa shape index (κ3) is 4.99. The zero-order valence-electron chi connectivity index (χ0n) is 8.88. The van der Waals surface area contributed by atoms with Crippen molar-refractivity contribution in [2.45, 2.75) is 19.4 Å². The molecule has 0 aliphatic carbocycles. The minimum absolute atomic E-state index is 0.315. The Morgan fingerprint density at radius 2 is 1.53 bits per heavy atom. The van der Waals surface area contributed by atoms with Crippen molar-refractivity contribution in [3.8, 4) is 0 Å². The van der Waals surface area contributed by atoms with Crippen LogP contribution in [0.3, 0.4) is 0 Å². The van der Waals surface area contributed by atoms with E-state index in [1.807, 2.05) is 0 Å². The molecule has 0 aromatic heterocycles. The maximum absolute atomic E-state index is 11.4. The van der Waals surface area contributed by atoms with Gasteiger partial charge in [-0.25, -0.2) is 8.42 Å². The molecule has 0 saturated heterocycles. The van der Waals surface area contributed by atoms with Gasteiger partial charge in [0.2, 0.25) is 15.5 Å². The first-order valence-electron chi connectivity index (χ1n) is 4.08. The summed E-state index contributed by atoms with van der Waals surface area (Å²) in [6.07, 6.45) is 1.11. The second kappa shape index (κ2) is 5.29. The predicted octanol–water partition coefficient (Wildman–Crippen LogP) is -0.532. The molecule has 0 heterocycles. The van der Waals surface area contributed by atoms with Crippen molar-refractivity contribution in [3.05, 3.63) is 11.0 Å². The maximum Gasteiger partial charge on any atom is 0.355 e. The second-order valence-electron chi connectivity index (χ2n) is 3.07. The van der Waals surface area contributed by atoms with E-state index >= 15 is 0 Å². The molecule has 102 valence electrons. The van der Waals surface area contributed by atoms with Gasteiger partial charge in [0, 0.05) is 0 Å². The van der Waals surface area contributed by atoms with Crippen LogP contribution >= 0.6 is 15.2 Å². The molecule has 5 N–H and O–H groups in total. The van der Waals surface area contributed by atoms with Crippen molar-refractivity contribution in [2.75, 3.05) is 0 Å². The molecule has 17 heavy (non-hydrogen) atoms. The van der Waals surface area contributed by atoms with Crippen molar-refractivity contribution < 1.29 is 37.1 Å². The van der Waals surface area contributed by atoms with E-state index in [-0.39, 0.29) is 4.91 Å². The smallest absolute Gasteiger partial charge is 0.323 e. The summed E-state index contributed by atoms with van der Waals surface area (Å²) in [7, 11) is -15.0. The summed E-state index contributed by atoms with van der Waals surface area (Å²) in [5, 5.41) is 0. The molecule has 0 rings (SSSR count). The zero-order valence-corrected chi connectivity index (χ0v) is 11.5. The summed E-state index contributed by atoms with van der Waals surface area (Å²) in [5.74, 6) is 0. The van der Waals surface area contributed by atoms with Gasteiger partial charge < -0.3 is 19.6 Å². The normalized spacial score (nSPS) is 15.4. The Balaban J connectivity index is 5.48. The molecular formula is C5H13NO8P2S. The predicted molar refractivity (Wildman–Crippen MR) is 59.4 cm³/mol. The van der Waals surface area contributed by atoms with Crippen LogP contribution in [0.4, 0.5) is 0 Å². The Morgan fingerprint density at radius 3 is 1.76 bits per heavy atom. The Labute approximate surface area is 97.9 Å². The molecule has 0 spiro atoms. The van der Waals surface area contributed by atoms with Crippen LogP contribution in [0.25, 0.3) is 0 Å². The average Bonchev–Trinajstić information content (AvgIpc) is 2.09. The topological polar surface area (TPSA) is 161 Å². The molecule has 0 amide bonds. The molecule has 0 bridgehead atoms. The Morgan fingerprint density at radius 1 is 1.18 bits per heavy atom. The number of hydrogen-bond donors (Lipinski definition) is 5. The van der Waals surface area contributed by atoms with Gasteiger partial charge in [-0.15, -0.1) is 0 Å². The SMILES string of the molecule is C/C=C(\C)S(=O)(=O)NC(P(=O)(O)O)P(=O)(O)O. The molecule has 0 atom stereocenters. The fourth-order valence-corrected chi connectivity index (χ4v) is 4.99. The van der Waals surface area contributed by atoms with E-state index in [1.165, 1.54) is 11.6 Å². The van der Waals surface area contributed by atoms with Gasteiger partial charge >= 0.3 is 15.2 Å². The summed E-state index contributed by atoms with van der Waals surface area (Å²) < 4.78 is 45.7. The number of hydrogen-bond acceptors (Lipinski definition) is 4. The van der Waals surface area contributed by atoms with Crippen molar-refractivity contribution in [2.24, 2.45) is 0 Å². The molecule has 0 unspecified atom stereocenters. The van der Waals surface area contributed by atoms with Crippen molar-refractivity contribution in [3.63, 3.8) is 0 Å². The van der Waals surface area contributed by atoms with Gasteiger partial charge in [0.05, 0.1) is 4.91 Å². The monoisotopic (exact) mass is 309 g/mol. The molecule has 0 radical (unpaired) electrons. The summed E-state index contributed by atoms with van der Waals surface area (Å²) >= 11 is 0. The van der Waals surface area contributed by atoms with E-state index in [9.17, 15) is 17.5 Å². The molecule has 12 heteroatoms. The van der Waals surface area contributed by atoms with Crippen LogP contribution in [0, 0.1) is 0 Å². The summed E-state index contributed by atoms with van der Waals surface area (Å²) in [6.45, 7) is 2.46. The van der Waals surface area contributed by atoms with Gasteiger partial charge in [0.25, 0.3) is 0 Å². The molecule has 0 fully saturated rings. The van der Waals surface area contributed by atoms with Gasteiger partial charge in [0.1, 0.15) is 0 Å². The molecule has 0 aliphatic rings. The number of rotatable bonds is 5. The minimum atomic E-state index is -5.32. The highest BCUT2D eigenvalue weighted by Crippen LogP contribution is 2.58. The molecule has 0 saturated carbocycles. The van der Waals surface area contributed by atoms with Gasteiger partial charge in [-0.05, 0) is 13.8 Å². The fourth-order valence-electron chi connectivity index (χ4n) is 0.720. The highest BCUT2D eigenvalue weighted by atomic mass is 32.2. The Bertz CT molecular complexity index is 476. The first kappa shape index (κ1) is 16.9. The number of allylic oxidation sites excluding steroid dienone is 2. The van der Waals surface area contributed by atoms with Crippen molar-refractivity contribution in [1.29, 1.82) is 0 Å². The van der Waals surface area contributed by atoms with Crippen LogP contribution < -0.4 is 4.72 Å². The quantitative estimate of drug-likeness (QED) is 0.423. The van der Waals surface area contributed by atoms with Crippen LogP contribution in [0.15, 0.2) is 11.0 Å². The lowest BCUT2D eigenvalue weighted by atomic mass is 10.6. The fraction of sp³-hybridized carbons (Fsp3) is 0.600. The third-order valence-electron chi connectivity index (χ3n) is 1.73. The van der Waals surface area contributed by atoms with E-state index in [0.717, 1.165) is 13.0 Å². The summed E-state index contributed by atoms with van der Waals surface area (Å²) in [5.41, 5.74) is -2.78. The number of sulfonamides is 1. The van der Waals surface area contributed by atoms with Crippen LogP contribution in [-0.2, 0) is 19.2 Å². The average molecular weight is 309 g/mol. The van der Waals surface area contributed by atoms with Gasteiger partial charge in [-0.2, -0.15) is 4.72 Å². The van der Waals surface area contributed by atoms with E-state index in [4.69, 9.17) is 19.6 Å². The first-order valence-corrected chi connectivity index (χ1v) is 8.92. The number of nitrogens with one attached hydrogen (secondary N) is 1. The lowest BCUT2D eigenvalue weighted by molar-refractivity contribution is 0.335. The van der Waals surface area contributed by atoms with Gasteiger partial charge in [0.15, 0.2) is 0 Å². The van der Waals surface area contributed by atoms with Gasteiger partial charge in [-0.1, -0.05) is 6.08 Å². The third-order valence-corrected chi connectivity index (χ3v) is 7.04. The standard InChI is InChI=1S/C5H13NO8P2S/c1-3-4(2)17(13,14)6-5(15(7,8)9)16(10,11)12/h3,5-6H,1-2H3,(H2,7,8,9)(H2,10,11,12)/b4-3+. The first-order chi connectivity index (χ1) is 7.32. The van der Waals surface area contributed by atoms with Crippen molar-refractivity contribution in [1.82, 2.24) is 4.72 Å². The van der Waals surface area contributed by atoms with E-state index in [0.29, 0.717) is 0 Å². The lowest BCUT2D eigenvalue weighted by Gasteiger charge is -2.20. The lowest BCUT2D eigenvalue weighted by Crippen LogP contribution is -2.34. The largest absolute Gasteiger partial charge is 0.355 e. The molecule has 9 nitrogen and oxygen atoms in total. The summed E-state index contributed by atoms with van der Waals surface area (Å²) in [6, 6.07) is 0. The minimum Gasteiger partial charge on any atom is -0.323 e. The zero-order chi connectivity index (χ0) is 14.1. The van der Waals surface area contributed by atoms with E-state index in [1.54, 1.807) is 0 Å². The van der Waals surface area contributed by atoms with Crippen LogP contribution in [0.5, 0.6) is 0 Å². The highest BCUT2D eigenvalue weighted by molar-refractivity contribution is 7.94. The molecular weight excluding hydrogens is 296 g/mol. The van der Waals surface area contributed by atoms with Crippen LogP contribution in [0.1, 0.15) is 13.8 Å². The maximum atomic E-state index is 11.4. The highest BCUT2D eigenvalue weighted by Gasteiger charge is 2.46. The molecule has 0 aromatic rings. The Kier molecular flexibility index (Phi) is 5.28. The van der Waals surface area contributed by atoms with Crippen molar-refractivity contribution >= 4 is 25.2 Å². The van der Waals surface area contributed by atoms with E-state index in [2.05, 4.69) is 0 Å². The molecule has 0 aliphatic heterocycles. The summed E-state index contributed by atoms with van der Waals surface area (Å²) in [4.78, 5) is 34.5. The molecule has 0 aromatic carbocycles. The van der Waals surface area contributed by atoms with Crippen LogP contribution in [0.2, 0.25) is 0 Å². The van der Waals surface area contributed by atoms with Crippen LogP contribution in [-0.4, -0.2) is 33.5 Å². The Hall–Kier alpha value is -0.0500. The van der Waals surface area contributed by atoms with Gasteiger partial charge in [-0.3, -0.25) is 9.13 Å².